The molecule has 0 unspecified atom stereocenters. The standard InChI is InChI=1S/C16H16F2N2O5S/c1-10(21)19-13-9-11(7-8-14(13)24-2)26(22,23)20-12-5-3-4-6-15(12)25-16(17)18/h3-9,16,20H,1-2H3,(H,19,21). The first-order valence-electron chi connectivity index (χ1n) is 7.25. The Bertz CT molecular complexity index is 903. The van der Waals surface area contributed by atoms with Crippen LogP contribution in [0, 0.1) is 0 Å². The average molecular weight is 386 g/mol. The SMILES string of the molecule is COc1ccc(S(=O)(=O)Nc2ccccc2OC(F)F)cc1NC(C)=O. The maximum atomic E-state index is 12.6. The number of hydrogen-bond acceptors (Lipinski definition) is 5. The minimum Gasteiger partial charge on any atom is -0.495 e. The van der Waals surface area contributed by atoms with Crippen molar-refractivity contribution in [2.75, 3.05) is 17.1 Å². The van der Waals surface area contributed by atoms with E-state index in [1.807, 2.05) is 0 Å². The van der Waals surface area contributed by atoms with Crippen molar-refractivity contribution in [1.82, 2.24) is 0 Å². The zero-order valence-electron chi connectivity index (χ0n) is 13.8. The van der Waals surface area contributed by atoms with Gasteiger partial charge in [-0.2, -0.15) is 8.78 Å². The quantitative estimate of drug-likeness (QED) is 0.763. The lowest BCUT2D eigenvalue weighted by atomic mass is 10.3. The van der Waals surface area contributed by atoms with E-state index in [2.05, 4.69) is 14.8 Å². The van der Waals surface area contributed by atoms with E-state index in [1.165, 1.54) is 56.5 Å². The van der Waals surface area contributed by atoms with Gasteiger partial charge in [-0.1, -0.05) is 12.1 Å². The molecule has 0 aromatic heterocycles. The number of anilines is 2. The molecule has 140 valence electrons. The monoisotopic (exact) mass is 386 g/mol. The molecule has 1 amide bonds. The van der Waals surface area contributed by atoms with E-state index < -0.39 is 22.5 Å². The van der Waals surface area contributed by atoms with Crippen LogP contribution < -0.4 is 19.5 Å². The number of halogens is 2. The Labute approximate surface area is 149 Å². The minimum atomic E-state index is -4.14. The normalized spacial score (nSPS) is 11.1. The Kier molecular flexibility index (Phi) is 5.98. The van der Waals surface area contributed by atoms with Crippen LogP contribution in [0.4, 0.5) is 20.2 Å². The van der Waals surface area contributed by atoms with Gasteiger partial charge in [0, 0.05) is 6.92 Å². The summed E-state index contributed by atoms with van der Waals surface area (Å²) >= 11 is 0. The smallest absolute Gasteiger partial charge is 0.387 e. The Balaban J connectivity index is 2.38. The maximum absolute atomic E-state index is 12.6. The van der Waals surface area contributed by atoms with Gasteiger partial charge in [0.05, 0.1) is 23.4 Å². The molecule has 26 heavy (non-hydrogen) atoms. The number of carbonyl (C=O) groups is 1. The number of hydrogen-bond donors (Lipinski definition) is 2. The summed E-state index contributed by atoms with van der Waals surface area (Å²) in [6.45, 7) is -1.84. The van der Waals surface area contributed by atoms with E-state index in [0.717, 1.165) is 0 Å². The molecule has 0 fully saturated rings. The Morgan fingerprint density at radius 3 is 2.38 bits per heavy atom. The summed E-state index contributed by atoms with van der Waals surface area (Å²) in [5.74, 6) is -0.469. The molecular formula is C16H16F2N2O5S. The first kappa shape index (κ1) is 19.4. The topological polar surface area (TPSA) is 93.7 Å². The van der Waals surface area contributed by atoms with Gasteiger partial charge in [0.15, 0.2) is 0 Å². The van der Waals surface area contributed by atoms with E-state index in [1.54, 1.807) is 0 Å². The van der Waals surface area contributed by atoms with E-state index in [9.17, 15) is 22.0 Å². The van der Waals surface area contributed by atoms with Gasteiger partial charge in [0.25, 0.3) is 10.0 Å². The van der Waals surface area contributed by atoms with Crippen molar-refractivity contribution in [2.45, 2.75) is 18.4 Å². The molecule has 0 aliphatic carbocycles. The second kappa shape index (κ2) is 8.00. The van der Waals surface area contributed by atoms with Gasteiger partial charge in [-0.05, 0) is 30.3 Å². The molecule has 0 spiro atoms. The molecule has 0 atom stereocenters. The Morgan fingerprint density at radius 2 is 1.77 bits per heavy atom. The van der Waals surface area contributed by atoms with Crippen molar-refractivity contribution in [3.05, 3.63) is 42.5 Å². The summed E-state index contributed by atoms with van der Waals surface area (Å²) in [5.41, 5.74) is 0.00434. The fourth-order valence-corrected chi connectivity index (χ4v) is 3.19. The Hall–Kier alpha value is -2.88. The Morgan fingerprint density at radius 1 is 1.08 bits per heavy atom. The highest BCUT2D eigenvalue weighted by Crippen LogP contribution is 2.31. The number of benzene rings is 2. The summed E-state index contributed by atoms with van der Waals surface area (Å²) in [6.07, 6.45) is 0. The molecule has 10 heteroatoms. The molecule has 7 nitrogen and oxygen atoms in total. The minimum absolute atomic E-state index is 0.148. The first-order valence-corrected chi connectivity index (χ1v) is 8.73. The lowest BCUT2D eigenvalue weighted by Gasteiger charge is -2.14. The van der Waals surface area contributed by atoms with Gasteiger partial charge in [0.2, 0.25) is 5.91 Å². The van der Waals surface area contributed by atoms with Crippen LogP contribution in [0.25, 0.3) is 0 Å². The van der Waals surface area contributed by atoms with Gasteiger partial charge in [-0.3, -0.25) is 9.52 Å². The van der Waals surface area contributed by atoms with Crippen molar-refractivity contribution < 1.29 is 31.5 Å². The molecule has 0 saturated carbocycles. The van der Waals surface area contributed by atoms with Gasteiger partial charge >= 0.3 is 6.61 Å². The molecule has 0 aliphatic heterocycles. The number of alkyl halides is 2. The number of sulfonamides is 1. The third-order valence-corrected chi connectivity index (χ3v) is 4.50. The lowest BCUT2D eigenvalue weighted by Crippen LogP contribution is -2.15. The third-order valence-electron chi connectivity index (χ3n) is 3.14. The van der Waals surface area contributed by atoms with Gasteiger partial charge in [-0.15, -0.1) is 0 Å². The average Bonchev–Trinajstić information content (AvgIpc) is 2.55. The van der Waals surface area contributed by atoms with Crippen LogP contribution in [0.5, 0.6) is 11.5 Å². The maximum Gasteiger partial charge on any atom is 0.387 e. The van der Waals surface area contributed by atoms with Crippen LogP contribution in [0.3, 0.4) is 0 Å². The van der Waals surface area contributed by atoms with Crippen LogP contribution in [-0.2, 0) is 14.8 Å². The number of amides is 1. The summed E-state index contributed by atoms with van der Waals surface area (Å²) in [6, 6.07) is 9.20. The highest BCUT2D eigenvalue weighted by atomic mass is 32.2. The fraction of sp³-hybridized carbons (Fsp3) is 0.188. The van der Waals surface area contributed by atoms with Crippen molar-refractivity contribution in [3.8, 4) is 11.5 Å². The molecule has 0 bridgehead atoms. The van der Waals surface area contributed by atoms with Gasteiger partial charge in [-0.25, -0.2) is 8.42 Å². The summed E-state index contributed by atoms with van der Waals surface area (Å²) in [7, 11) is -2.77. The molecule has 0 aliphatic rings. The second-order valence-electron chi connectivity index (χ2n) is 5.02. The highest BCUT2D eigenvalue weighted by Gasteiger charge is 2.20. The molecular weight excluding hydrogens is 370 g/mol. The molecule has 2 aromatic rings. The van der Waals surface area contributed by atoms with Crippen molar-refractivity contribution in [1.29, 1.82) is 0 Å². The molecule has 2 aromatic carbocycles. The molecule has 0 saturated heterocycles. The third kappa shape index (κ3) is 4.82. The number of nitrogens with one attached hydrogen (secondary N) is 2. The summed E-state index contributed by atoms with van der Waals surface area (Å²) in [5, 5.41) is 2.46. The zero-order chi connectivity index (χ0) is 19.3. The van der Waals surface area contributed by atoms with E-state index in [0.29, 0.717) is 0 Å². The number of ether oxygens (including phenoxy) is 2. The van der Waals surface area contributed by atoms with Gasteiger partial charge < -0.3 is 14.8 Å². The van der Waals surface area contributed by atoms with Crippen molar-refractivity contribution in [3.63, 3.8) is 0 Å². The molecule has 0 heterocycles. The van der Waals surface area contributed by atoms with Crippen LogP contribution in [0.1, 0.15) is 6.92 Å². The second-order valence-corrected chi connectivity index (χ2v) is 6.71. The van der Waals surface area contributed by atoms with E-state index in [-0.39, 0.29) is 27.8 Å². The van der Waals surface area contributed by atoms with E-state index in [4.69, 9.17) is 4.74 Å². The number of methoxy groups -OCH3 is 1. The zero-order valence-corrected chi connectivity index (χ0v) is 14.6. The van der Waals surface area contributed by atoms with Crippen LogP contribution in [-0.4, -0.2) is 28.0 Å². The predicted octanol–water partition coefficient (Wildman–Crippen LogP) is 3.06. The molecule has 2 rings (SSSR count). The van der Waals surface area contributed by atoms with Crippen LogP contribution in [0.2, 0.25) is 0 Å². The lowest BCUT2D eigenvalue weighted by molar-refractivity contribution is -0.114. The van der Waals surface area contributed by atoms with Crippen molar-refractivity contribution >= 4 is 27.3 Å². The fourth-order valence-electron chi connectivity index (χ4n) is 2.09. The first-order chi connectivity index (χ1) is 12.2. The van der Waals surface area contributed by atoms with Gasteiger partial charge in [0.1, 0.15) is 11.5 Å². The number of carbonyl (C=O) groups excluding carboxylic acids is 1. The van der Waals surface area contributed by atoms with Crippen LogP contribution >= 0.6 is 0 Å². The molecule has 0 radical (unpaired) electrons. The highest BCUT2D eigenvalue weighted by molar-refractivity contribution is 7.92. The number of para-hydroxylation sites is 2. The van der Waals surface area contributed by atoms with Crippen LogP contribution in [0.15, 0.2) is 47.4 Å². The molecule has 2 N–H and O–H groups in total. The number of rotatable bonds is 7. The largest absolute Gasteiger partial charge is 0.495 e. The predicted molar refractivity (Wildman–Crippen MR) is 91.2 cm³/mol. The van der Waals surface area contributed by atoms with E-state index >= 15 is 0 Å². The summed E-state index contributed by atoms with van der Waals surface area (Å²) < 4.78 is 61.6. The van der Waals surface area contributed by atoms with Crippen molar-refractivity contribution in [2.24, 2.45) is 0 Å². The summed E-state index contributed by atoms with van der Waals surface area (Å²) in [4.78, 5) is 11.1.